The first kappa shape index (κ1) is 23.9. The number of nitrogens with one attached hydrogen (secondary N) is 1. The number of rotatable bonds is 8. The number of ketones is 1. The van der Waals surface area contributed by atoms with E-state index in [-0.39, 0.29) is 34.7 Å². The van der Waals surface area contributed by atoms with Crippen LogP contribution in [0.15, 0.2) is 47.6 Å². The molecule has 34 heavy (non-hydrogen) atoms. The van der Waals surface area contributed by atoms with Crippen LogP contribution >= 0.6 is 11.8 Å². The van der Waals surface area contributed by atoms with Crippen molar-refractivity contribution in [3.8, 4) is 11.4 Å². The molecule has 8 nitrogen and oxygen atoms in total. The van der Waals surface area contributed by atoms with E-state index in [1.807, 2.05) is 4.57 Å². The largest absolute Gasteiger partial charge is 0.506 e. The van der Waals surface area contributed by atoms with Gasteiger partial charge < -0.3 is 10.4 Å². The van der Waals surface area contributed by atoms with E-state index in [0.717, 1.165) is 37.4 Å². The minimum atomic E-state index is -0.345. The number of halogens is 1. The smallest absolute Gasteiger partial charge is 0.221 e. The van der Waals surface area contributed by atoms with Gasteiger partial charge in [0.15, 0.2) is 16.8 Å². The average molecular weight is 484 g/mol. The normalized spacial score (nSPS) is 14.2. The zero-order valence-electron chi connectivity index (χ0n) is 18.8. The van der Waals surface area contributed by atoms with Gasteiger partial charge in [-0.15, -0.1) is 10.2 Å². The van der Waals surface area contributed by atoms with E-state index in [4.69, 9.17) is 0 Å². The Morgan fingerprint density at radius 2 is 1.82 bits per heavy atom. The quantitative estimate of drug-likeness (QED) is 0.283. The number of piperidine rings is 1. The zero-order chi connectivity index (χ0) is 24.1. The molecule has 0 unspecified atom stereocenters. The number of hydrogen-bond donors (Lipinski definition) is 2. The Kier molecular flexibility index (Phi) is 7.59. The van der Waals surface area contributed by atoms with Crippen molar-refractivity contribution in [2.24, 2.45) is 0 Å². The van der Waals surface area contributed by atoms with E-state index in [0.29, 0.717) is 17.3 Å². The predicted molar refractivity (Wildman–Crippen MR) is 128 cm³/mol. The summed E-state index contributed by atoms with van der Waals surface area (Å²) in [6.45, 7) is 3.94. The number of nitrogens with zero attached hydrogens (tertiary/aromatic N) is 4. The number of aromatic hydroxyl groups is 1. The lowest BCUT2D eigenvalue weighted by Crippen LogP contribution is -2.30. The van der Waals surface area contributed by atoms with E-state index in [1.54, 1.807) is 12.1 Å². The summed E-state index contributed by atoms with van der Waals surface area (Å²) >= 11 is 1.23. The van der Waals surface area contributed by atoms with Gasteiger partial charge in [-0.3, -0.25) is 19.1 Å². The molecule has 0 bridgehead atoms. The summed E-state index contributed by atoms with van der Waals surface area (Å²) in [5.74, 6) is -0.168. The van der Waals surface area contributed by atoms with Crippen LogP contribution in [-0.2, 0) is 11.3 Å². The Morgan fingerprint density at radius 1 is 1.09 bits per heavy atom. The number of phenols is 1. The molecular weight excluding hydrogens is 457 g/mol. The second-order valence-electron chi connectivity index (χ2n) is 8.17. The highest BCUT2D eigenvalue weighted by atomic mass is 32.2. The maximum atomic E-state index is 13.5. The first-order chi connectivity index (χ1) is 16.4. The van der Waals surface area contributed by atoms with Crippen molar-refractivity contribution >= 4 is 29.1 Å². The van der Waals surface area contributed by atoms with Gasteiger partial charge in [-0.05, 0) is 68.4 Å². The fourth-order valence-electron chi connectivity index (χ4n) is 3.88. The Balaban J connectivity index is 1.55. The number of thioether (sulfide) groups is 1. The molecule has 3 aromatic rings. The summed E-state index contributed by atoms with van der Waals surface area (Å²) in [7, 11) is 0. The summed E-state index contributed by atoms with van der Waals surface area (Å²) in [6, 6.07) is 10.5. The van der Waals surface area contributed by atoms with Gasteiger partial charge in [0, 0.05) is 18.2 Å². The van der Waals surface area contributed by atoms with Crippen LogP contribution in [0.3, 0.4) is 0 Å². The summed E-state index contributed by atoms with van der Waals surface area (Å²) in [5.41, 5.74) is 1.27. The number of carbonyl (C=O) groups is 2. The van der Waals surface area contributed by atoms with E-state index in [2.05, 4.69) is 20.4 Å². The van der Waals surface area contributed by atoms with Crippen molar-refractivity contribution in [3.05, 3.63) is 59.7 Å². The van der Waals surface area contributed by atoms with Crippen LogP contribution < -0.4 is 5.32 Å². The number of amides is 1. The fourth-order valence-corrected chi connectivity index (χ4v) is 4.74. The monoisotopic (exact) mass is 483 g/mol. The first-order valence-corrected chi connectivity index (χ1v) is 12.1. The van der Waals surface area contributed by atoms with Gasteiger partial charge in [0.2, 0.25) is 5.91 Å². The lowest BCUT2D eigenvalue weighted by atomic mass is 10.1. The minimum absolute atomic E-state index is 0.0767. The molecule has 1 aliphatic rings. The third-order valence-corrected chi connectivity index (χ3v) is 6.49. The van der Waals surface area contributed by atoms with E-state index >= 15 is 0 Å². The molecular formula is C24H26FN5O3S. The first-order valence-electron chi connectivity index (χ1n) is 11.1. The lowest BCUT2D eigenvalue weighted by molar-refractivity contribution is -0.114. The Morgan fingerprint density at radius 3 is 2.53 bits per heavy atom. The number of likely N-dealkylation sites (tertiary alicyclic amines) is 1. The Labute approximate surface area is 201 Å². The van der Waals surface area contributed by atoms with Gasteiger partial charge in [0.05, 0.1) is 18.0 Å². The van der Waals surface area contributed by atoms with Crippen LogP contribution in [0.1, 0.15) is 42.4 Å². The highest BCUT2D eigenvalue weighted by Crippen LogP contribution is 2.27. The number of anilines is 1. The third-order valence-electron chi connectivity index (χ3n) is 5.56. The molecule has 0 saturated carbocycles. The Bertz CT molecular complexity index is 1180. The molecule has 1 aromatic heterocycles. The van der Waals surface area contributed by atoms with Crippen LogP contribution in [0.25, 0.3) is 5.69 Å². The molecule has 0 atom stereocenters. The lowest BCUT2D eigenvalue weighted by Gasteiger charge is -2.26. The van der Waals surface area contributed by atoms with Crippen LogP contribution in [0.2, 0.25) is 0 Å². The average Bonchev–Trinajstić information content (AvgIpc) is 3.22. The van der Waals surface area contributed by atoms with Crippen LogP contribution in [-0.4, -0.2) is 55.3 Å². The summed E-state index contributed by atoms with van der Waals surface area (Å²) in [4.78, 5) is 26.5. The zero-order valence-corrected chi connectivity index (χ0v) is 19.6. The van der Waals surface area contributed by atoms with Crippen LogP contribution in [0, 0.1) is 5.82 Å². The maximum absolute atomic E-state index is 13.5. The van der Waals surface area contributed by atoms with E-state index in [9.17, 15) is 19.1 Å². The maximum Gasteiger partial charge on any atom is 0.221 e. The Hall–Kier alpha value is -3.24. The van der Waals surface area contributed by atoms with Gasteiger partial charge in [0.25, 0.3) is 0 Å². The SMILES string of the molecule is CC(=O)Nc1cc(C(=O)CSc2nnc(CN3CCCCC3)n2-c2ccc(F)cc2)ccc1O. The molecule has 4 rings (SSSR count). The second-order valence-corrected chi connectivity index (χ2v) is 9.11. The number of benzene rings is 2. The number of hydrogen-bond acceptors (Lipinski definition) is 7. The molecule has 0 aliphatic carbocycles. The van der Waals surface area contributed by atoms with E-state index < -0.39 is 0 Å². The molecule has 1 saturated heterocycles. The fraction of sp³-hybridized carbons (Fsp3) is 0.333. The second kappa shape index (κ2) is 10.8. The molecule has 1 fully saturated rings. The molecule has 2 heterocycles. The molecule has 2 N–H and O–H groups in total. The molecule has 10 heteroatoms. The summed E-state index contributed by atoms with van der Waals surface area (Å²) < 4.78 is 15.4. The van der Waals surface area contributed by atoms with Gasteiger partial charge in [-0.1, -0.05) is 18.2 Å². The van der Waals surface area contributed by atoms with Crippen molar-refractivity contribution in [1.29, 1.82) is 0 Å². The number of Topliss-reactive ketones (excluding diaryl/α,β-unsaturated/α-hetero) is 1. The number of aromatic nitrogens is 3. The van der Waals surface area contributed by atoms with Crippen molar-refractivity contribution in [2.75, 3.05) is 24.2 Å². The minimum Gasteiger partial charge on any atom is -0.506 e. The highest BCUT2D eigenvalue weighted by Gasteiger charge is 2.20. The summed E-state index contributed by atoms with van der Waals surface area (Å²) in [5, 5.41) is 21.7. The van der Waals surface area contributed by atoms with Gasteiger partial charge in [-0.2, -0.15) is 0 Å². The van der Waals surface area contributed by atoms with Crippen molar-refractivity contribution in [3.63, 3.8) is 0 Å². The topological polar surface area (TPSA) is 100 Å². The van der Waals surface area contributed by atoms with Crippen molar-refractivity contribution in [1.82, 2.24) is 19.7 Å². The summed E-state index contributed by atoms with van der Waals surface area (Å²) in [6.07, 6.45) is 3.52. The standard InChI is InChI=1S/C24H26FN5O3S/c1-16(31)26-20-13-17(5-10-21(20)32)22(33)15-34-24-28-27-23(14-29-11-3-2-4-12-29)30(24)19-8-6-18(25)7-9-19/h5-10,13,32H,2-4,11-12,14-15H2,1H3,(H,26,31). The van der Waals surface area contributed by atoms with Crippen LogP contribution in [0.5, 0.6) is 5.75 Å². The van der Waals surface area contributed by atoms with Crippen molar-refractivity contribution in [2.45, 2.75) is 37.9 Å². The molecule has 0 spiro atoms. The molecule has 1 amide bonds. The van der Waals surface area contributed by atoms with Gasteiger partial charge in [-0.25, -0.2) is 4.39 Å². The van der Waals surface area contributed by atoms with Crippen LogP contribution in [0.4, 0.5) is 10.1 Å². The molecule has 0 radical (unpaired) electrons. The predicted octanol–water partition coefficient (Wildman–Crippen LogP) is 4.03. The van der Waals surface area contributed by atoms with Crippen molar-refractivity contribution < 1.29 is 19.1 Å². The van der Waals surface area contributed by atoms with Gasteiger partial charge in [0.1, 0.15) is 11.6 Å². The molecule has 1 aliphatic heterocycles. The van der Waals surface area contributed by atoms with Gasteiger partial charge >= 0.3 is 0 Å². The third kappa shape index (κ3) is 5.81. The highest BCUT2D eigenvalue weighted by molar-refractivity contribution is 7.99. The molecule has 178 valence electrons. The molecule has 2 aromatic carbocycles. The van der Waals surface area contributed by atoms with E-state index in [1.165, 1.54) is 55.4 Å². The number of phenolic OH excluding ortho intramolecular Hbond substituents is 1. The number of carbonyl (C=O) groups excluding carboxylic acids is 2.